The summed E-state index contributed by atoms with van der Waals surface area (Å²) in [5.41, 5.74) is -0.682. The van der Waals surface area contributed by atoms with Crippen molar-refractivity contribution in [3.63, 3.8) is 0 Å². The van der Waals surface area contributed by atoms with Crippen molar-refractivity contribution in [1.82, 2.24) is 9.47 Å². The van der Waals surface area contributed by atoms with Crippen molar-refractivity contribution in [2.75, 3.05) is 18.4 Å². The molecule has 36 heavy (non-hydrogen) atoms. The Kier molecular flexibility index (Phi) is 5.79. The molecule has 0 aliphatic carbocycles. The van der Waals surface area contributed by atoms with Crippen molar-refractivity contribution in [3.05, 3.63) is 93.0 Å². The normalized spacial score (nSPS) is 13.6. The minimum absolute atomic E-state index is 0.130. The highest BCUT2D eigenvalue weighted by atomic mass is 32.1. The zero-order valence-electron chi connectivity index (χ0n) is 18.7. The molecule has 2 aromatic carbocycles. The van der Waals surface area contributed by atoms with Crippen LogP contribution < -0.4 is 10.9 Å². The lowest BCUT2D eigenvalue weighted by molar-refractivity contribution is 0.103. The van der Waals surface area contributed by atoms with E-state index in [1.165, 1.54) is 42.2 Å². The van der Waals surface area contributed by atoms with Gasteiger partial charge in [-0.2, -0.15) is 0 Å². The predicted molar refractivity (Wildman–Crippen MR) is 129 cm³/mol. The summed E-state index contributed by atoms with van der Waals surface area (Å²) < 4.78 is 44.1. The van der Waals surface area contributed by atoms with E-state index in [0.717, 1.165) is 34.1 Å². The van der Waals surface area contributed by atoms with E-state index in [1.54, 1.807) is 0 Å². The van der Waals surface area contributed by atoms with E-state index in [-0.39, 0.29) is 46.0 Å². The molecule has 1 aliphatic heterocycles. The van der Waals surface area contributed by atoms with Gasteiger partial charge in [0.1, 0.15) is 33.0 Å². The van der Waals surface area contributed by atoms with Crippen LogP contribution in [0.1, 0.15) is 21.5 Å². The third-order valence-electron chi connectivity index (χ3n) is 6.04. The van der Waals surface area contributed by atoms with Gasteiger partial charge in [0.25, 0.3) is 5.56 Å². The summed E-state index contributed by atoms with van der Waals surface area (Å²) >= 11 is 0.952. The highest BCUT2D eigenvalue weighted by Crippen LogP contribution is 2.39. The number of carboxylic acid groups (broad SMARTS) is 1. The van der Waals surface area contributed by atoms with Gasteiger partial charge in [-0.1, -0.05) is 17.4 Å². The summed E-state index contributed by atoms with van der Waals surface area (Å²) in [5, 5.41) is 12.8. The number of pyridine rings is 1. The molecule has 1 saturated heterocycles. The molecule has 2 N–H and O–H groups in total. The first-order valence-corrected chi connectivity index (χ1v) is 11.7. The summed E-state index contributed by atoms with van der Waals surface area (Å²) in [5.74, 6) is -2.87. The van der Waals surface area contributed by atoms with Gasteiger partial charge in [-0.15, -0.1) is 0 Å². The number of anilines is 1. The monoisotopic (exact) mass is 513 g/mol. The molecule has 184 valence electrons. The van der Waals surface area contributed by atoms with Crippen LogP contribution in [0.25, 0.3) is 15.9 Å². The summed E-state index contributed by atoms with van der Waals surface area (Å²) in [6.45, 7) is 1.85. The van der Waals surface area contributed by atoms with E-state index in [0.29, 0.717) is 5.00 Å². The molecule has 1 amide bonds. The van der Waals surface area contributed by atoms with Crippen LogP contribution in [-0.4, -0.2) is 45.6 Å². The number of amides is 1. The number of halogens is 3. The second-order valence-corrected chi connectivity index (χ2v) is 9.42. The molecule has 0 bridgehead atoms. The Morgan fingerprint density at radius 1 is 1.03 bits per heavy atom. The number of para-hydroxylation sites is 1. The molecule has 0 saturated carbocycles. The maximum absolute atomic E-state index is 14.7. The average Bonchev–Trinajstić information content (AvgIpc) is 3.16. The van der Waals surface area contributed by atoms with Crippen LogP contribution in [0, 0.1) is 24.4 Å². The van der Waals surface area contributed by atoms with Gasteiger partial charge in [0.2, 0.25) is 0 Å². The molecule has 0 radical (unpaired) electrons. The van der Waals surface area contributed by atoms with Gasteiger partial charge in [-0.05, 0) is 48.9 Å². The molecule has 0 unspecified atom stereocenters. The topological polar surface area (TPSA) is 91.6 Å². The van der Waals surface area contributed by atoms with Gasteiger partial charge < -0.3 is 15.3 Å². The molecule has 0 spiro atoms. The summed E-state index contributed by atoms with van der Waals surface area (Å²) in [4.78, 5) is 38.9. The molecule has 3 heterocycles. The van der Waals surface area contributed by atoms with Gasteiger partial charge in [-0.3, -0.25) is 14.2 Å². The summed E-state index contributed by atoms with van der Waals surface area (Å²) in [6.07, 6.45) is -1.08. The number of likely N-dealkylation sites (tertiary alicyclic amines) is 1. The van der Waals surface area contributed by atoms with Gasteiger partial charge >= 0.3 is 6.09 Å². The number of benzene rings is 2. The predicted octanol–water partition coefficient (Wildman–Crippen LogP) is 4.78. The van der Waals surface area contributed by atoms with Crippen LogP contribution in [0.15, 0.2) is 53.3 Å². The highest BCUT2D eigenvalue weighted by Gasteiger charge is 2.33. The quantitative estimate of drug-likeness (QED) is 0.375. The van der Waals surface area contributed by atoms with Crippen LogP contribution in [0.5, 0.6) is 0 Å². The van der Waals surface area contributed by atoms with Crippen molar-refractivity contribution < 1.29 is 27.9 Å². The Morgan fingerprint density at radius 2 is 1.72 bits per heavy atom. The molecule has 1 fully saturated rings. The SMILES string of the molecule is Cc1cc(C(=O)c2c(NC3CN(C(=O)O)C3)sc3c2ccc(=O)n3-c2c(F)cccc2F)ccc1F. The lowest BCUT2D eigenvalue weighted by atomic mass is 10.00. The lowest BCUT2D eigenvalue weighted by Crippen LogP contribution is -2.56. The number of ketones is 1. The Balaban J connectivity index is 1.71. The maximum atomic E-state index is 14.7. The van der Waals surface area contributed by atoms with Crippen molar-refractivity contribution in [1.29, 1.82) is 0 Å². The van der Waals surface area contributed by atoms with Crippen molar-refractivity contribution in [2.24, 2.45) is 0 Å². The first-order chi connectivity index (χ1) is 17.2. The van der Waals surface area contributed by atoms with Crippen LogP contribution in [0.2, 0.25) is 0 Å². The summed E-state index contributed by atoms with van der Waals surface area (Å²) in [7, 11) is 0. The molecule has 0 atom stereocenters. The second-order valence-electron chi connectivity index (χ2n) is 8.42. The Morgan fingerprint density at radius 3 is 2.36 bits per heavy atom. The van der Waals surface area contributed by atoms with Crippen molar-refractivity contribution in [2.45, 2.75) is 13.0 Å². The van der Waals surface area contributed by atoms with E-state index in [2.05, 4.69) is 5.32 Å². The number of rotatable bonds is 5. The van der Waals surface area contributed by atoms with Gasteiger partial charge in [0.05, 0.1) is 11.6 Å². The fourth-order valence-corrected chi connectivity index (χ4v) is 5.44. The number of aromatic nitrogens is 1. The Labute approximate surface area is 206 Å². The number of hydrogen-bond acceptors (Lipinski definition) is 5. The van der Waals surface area contributed by atoms with E-state index >= 15 is 0 Å². The van der Waals surface area contributed by atoms with E-state index in [9.17, 15) is 27.6 Å². The molecule has 4 aromatic rings. The lowest BCUT2D eigenvalue weighted by Gasteiger charge is -2.37. The Bertz CT molecular complexity index is 1590. The molecular weight excluding hydrogens is 495 g/mol. The fourth-order valence-electron chi connectivity index (χ4n) is 4.17. The zero-order chi connectivity index (χ0) is 25.7. The number of carbonyl (C=O) groups is 2. The molecule has 1 aliphatic rings. The van der Waals surface area contributed by atoms with E-state index in [1.807, 2.05) is 0 Å². The summed E-state index contributed by atoms with van der Waals surface area (Å²) in [6, 6.07) is 9.34. The highest BCUT2D eigenvalue weighted by molar-refractivity contribution is 7.23. The largest absolute Gasteiger partial charge is 0.465 e. The molecule has 11 heteroatoms. The van der Waals surface area contributed by atoms with Crippen molar-refractivity contribution in [3.8, 4) is 5.69 Å². The third kappa shape index (κ3) is 3.91. The van der Waals surface area contributed by atoms with Gasteiger partial charge in [-0.25, -0.2) is 18.0 Å². The Hall–Kier alpha value is -4.12. The van der Waals surface area contributed by atoms with Crippen molar-refractivity contribution >= 4 is 38.4 Å². The number of hydrogen-bond donors (Lipinski definition) is 2. The molecule has 2 aromatic heterocycles. The van der Waals surface area contributed by atoms with Crippen LogP contribution in [-0.2, 0) is 0 Å². The fraction of sp³-hybridized carbons (Fsp3) is 0.160. The number of aryl methyl sites for hydroxylation is 1. The number of thiophene rings is 1. The number of fused-ring (bicyclic) bond motifs is 1. The zero-order valence-corrected chi connectivity index (χ0v) is 19.5. The van der Waals surface area contributed by atoms with Crippen LogP contribution >= 0.6 is 11.3 Å². The second kappa shape index (κ2) is 8.83. The molecule has 5 rings (SSSR count). The first-order valence-electron chi connectivity index (χ1n) is 10.8. The standard InChI is InChI=1S/C25H18F3N3O4S/c1-12-9-13(5-7-16(12)26)22(33)20-15-6-8-19(32)31(21-17(27)3-2-4-18(21)28)24(15)36-23(20)29-14-10-30(11-14)25(34)35/h2-9,14,29H,10-11H2,1H3,(H,34,35). The maximum Gasteiger partial charge on any atom is 0.407 e. The first kappa shape index (κ1) is 23.6. The van der Waals surface area contributed by atoms with Gasteiger partial charge in [0.15, 0.2) is 5.78 Å². The average molecular weight is 513 g/mol. The number of carbonyl (C=O) groups excluding carboxylic acids is 1. The minimum Gasteiger partial charge on any atom is -0.465 e. The molecular formula is C25H18F3N3O4S. The van der Waals surface area contributed by atoms with Gasteiger partial charge in [0, 0.05) is 30.1 Å². The third-order valence-corrected chi connectivity index (χ3v) is 7.16. The van der Waals surface area contributed by atoms with E-state index in [4.69, 9.17) is 5.11 Å². The van der Waals surface area contributed by atoms with E-state index < -0.39 is 40.6 Å². The number of nitrogens with one attached hydrogen (secondary N) is 1. The van der Waals surface area contributed by atoms with Crippen LogP contribution in [0.3, 0.4) is 0 Å². The number of nitrogens with zero attached hydrogens (tertiary/aromatic N) is 2. The van der Waals surface area contributed by atoms with Crippen LogP contribution in [0.4, 0.5) is 23.0 Å². The minimum atomic E-state index is -1.08. The smallest absolute Gasteiger partial charge is 0.407 e. The molecule has 7 nitrogen and oxygen atoms in total.